The second-order valence-corrected chi connectivity index (χ2v) is 6.45. The molecule has 0 unspecified atom stereocenters. The van der Waals surface area contributed by atoms with Crippen molar-refractivity contribution >= 4 is 11.7 Å². The first-order valence-electron chi connectivity index (χ1n) is 9.44. The van der Waals surface area contributed by atoms with Gasteiger partial charge < -0.3 is 30.9 Å². The molecule has 2 atom stereocenters. The minimum absolute atomic E-state index is 0.0504. The van der Waals surface area contributed by atoms with Crippen molar-refractivity contribution < 1.29 is 19.7 Å². The summed E-state index contributed by atoms with van der Waals surface area (Å²) in [6.07, 6.45) is -0.0811. The van der Waals surface area contributed by atoms with Crippen LogP contribution in [0.1, 0.15) is 12.5 Å². The number of aliphatic hydroxyl groups is 2. The summed E-state index contributed by atoms with van der Waals surface area (Å²) in [6, 6.07) is 16.3. The van der Waals surface area contributed by atoms with Gasteiger partial charge in [0.2, 0.25) is 0 Å². The smallest absolute Gasteiger partial charge is 0.319 e. The third-order valence-electron chi connectivity index (χ3n) is 4.08. The van der Waals surface area contributed by atoms with Crippen molar-refractivity contribution in [2.24, 2.45) is 0 Å². The molecule has 152 valence electrons. The van der Waals surface area contributed by atoms with E-state index in [-0.39, 0.29) is 25.3 Å². The van der Waals surface area contributed by atoms with Gasteiger partial charge in [0.15, 0.2) is 0 Å². The zero-order valence-electron chi connectivity index (χ0n) is 16.1. The Balaban J connectivity index is 1.74. The molecule has 5 N–H and O–H groups in total. The highest BCUT2D eigenvalue weighted by atomic mass is 16.5. The number of hydrogen-bond donors (Lipinski definition) is 5. The van der Waals surface area contributed by atoms with Crippen LogP contribution in [0.4, 0.5) is 10.5 Å². The molecule has 0 radical (unpaired) electrons. The summed E-state index contributed by atoms with van der Waals surface area (Å²) in [5.74, 6) is 0.710. The van der Waals surface area contributed by atoms with E-state index in [1.54, 1.807) is 0 Å². The lowest BCUT2D eigenvalue weighted by Crippen LogP contribution is -2.41. The van der Waals surface area contributed by atoms with Crippen LogP contribution < -0.4 is 20.7 Å². The third kappa shape index (κ3) is 7.96. The maximum absolute atomic E-state index is 11.5. The number of aliphatic hydroxyl groups excluding tert-OH is 2. The molecule has 7 nitrogen and oxygen atoms in total. The van der Waals surface area contributed by atoms with Gasteiger partial charge >= 0.3 is 6.03 Å². The van der Waals surface area contributed by atoms with Gasteiger partial charge in [-0.2, -0.15) is 0 Å². The molecular weight excluding hydrogens is 358 g/mol. The first-order valence-corrected chi connectivity index (χ1v) is 9.44. The SMILES string of the molecule is CCNC(=O)Nc1ccc(C[C@@H](CO)NC[C@H](O)COc2ccccc2)cc1. The molecule has 2 aromatic rings. The van der Waals surface area contributed by atoms with E-state index in [0.717, 1.165) is 5.56 Å². The molecule has 2 aromatic carbocycles. The number of carbonyl (C=O) groups excluding carboxylic acids is 1. The van der Waals surface area contributed by atoms with E-state index in [9.17, 15) is 15.0 Å². The van der Waals surface area contributed by atoms with Crippen molar-refractivity contribution in [3.63, 3.8) is 0 Å². The zero-order valence-corrected chi connectivity index (χ0v) is 16.1. The van der Waals surface area contributed by atoms with Gasteiger partial charge in [-0.1, -0.05) is 30.3 Å². The number of urea groups is 1. The van der Waals surface area contributed by atoms with Crippen LogP contribution in [0, 0.1) is 0 Å². The van der Waals surface area contributed by atoms with Gasteiger partial charge in [0, 0.05) is 24.8 Å². The summed E-state index contributed by atoms with van der Waals surface area (Å²) in [6.45, 7) is 2.86. The topological polar surface area (TPSA) is 103 Å². The molecule has 0 spiro atoms. The number of amides is 2. The fraction of sp³-hybridized carbons (Fsp3) is 0.381. The highest BCUT2D eigenvalue weighted by molar-refractivity contribution is 5.89. The number of anilines is 1. The summed E-state index contributed by atoms with van der Waals surface area (Å²) in [7, 11) is 0. The molecule has 28 heavy (non-hydrogen) atoms. The van der Waals surface area contributed by atoms with Crippen LogP contribution in [0.3, 0.4) is 0 Å². The van der Waals surface area contributed by atoms with Crippen molar-refractivity contribution in [3.8, 4) is 5.75 Å². The summed E-state index contributed by atoms with van der Waals surface area (Å²) in [4.78, 5) is 11.5. The van der Waals surface area contributed by atoms with Crippen molar-refractivity contribution in [3.05, 3.63) is 60.2 Å². The Hall–Kier alpha value is -2.61. The Kier molecular flexibility index (Phi) is 9.27. The van der Waals surface area contributed by atoms with Gasteiger partial charge in [-0.05, 0) is 43.2 Å². The molecule has 7 heteroatoms. The average molecular weight is 387 g/mol. The molecule has 0 bridgehead atoms. The van der Waals surface area contributed by atoms with Crippen molar-refractivity contribution in [2.75, 3.05) is 31.6 Å². The maximum atomic E-state index is 11.5. The second-order valence-electron chi connectivity index (χ2n) is 6.45. The summed E-state index contributed by atoms with van der Waals surface area (Å²) in [5, 5.41) is 28.2. The predicted molar refractivity (Wildman–Crippen MR) is 110 cm³/mol. The lowest BCUT2D eigenvalue weighted by Gasteiger charge is -2.19. The molecular formula is C21H29N3O4. The maximum Gasteiger partial charge on any atom is 0.319 e. The number of rotatable bonds is 11. The van der Waals surface area contributed by atoms with Crippen LogP contribution >= 0.6 is 0 Å². The van der Waals surface area contributed by atoms with E-state index >= 15 is 0 Å². The van der Waals surface area contributed by atoms with Crippen molar-refractivity contribution in [2.45, 2.75) is 25.5 Å². The minimum atomic E-state index is -0.682. The molecule has 0 saturated heterocycles. The molecule has 2 amide bonds. The Morgan fingerprint density at radius 3 is 2.46 bits per heavy atom. The lowest BCUT2D eigenvalue weighted by atomic mass is 10.1. The number of para-hydroxylation sites is 1. The normalized spacial score (nSPS) is 12.8. The Morgan fingerprint density at radius 1 is 1.11 bits per heavy atom. The monoisotopic (exact) mass is 387 g/mol. The van der Waals surface area contributed by atoms with E-state index < -0.39 is 6.10 Å². The van der Waals surface area contributed by atoms with Gasteiger partial charge in [-0.15, -0.1) is 0 Å². The van der Waals surface area contributed by atoms with Crippen LogP contribution in [0.2, 0.25) is 0 Å². The van der Waals surface area contributed by atoms with Crippen LogP contribution in [0.5, 0.6) is 5.75 Å². The molecule has 0 aliphatic rings. The van der Waals surface area contributed by atoms with Crippen LogP contribution in [0.15, 0.2) is 54.6 Å². The largest absolute Gasteiger partial charge is 0.491 e. The predicted octanol–water partition coefficient (Wildman–Crippen LogP) is 1.76. The number of ether oxygens (including phenoxy) is 1. The van der Waals surface area contributed by atoms with E-state index in [0.29, 0.717) is 30.9 Å². The first-order chi connectivity index (χ1) is 13.6. The zero-order chi connectivity index (χ0) is 20.2. The molecule has 0 aliphatic heterocycles. The summed E-state index contributed by atoms with van der Waals surface area (Å²) >= 11 is 0. The van der Waals surface area contributed by atoms with Gasteiger partial charge in [0.1, 0.15) is 18.5 Å². The van der Waals surface area contributed by atoms with Gasteiger partial charge in [0.25, 0.3) is 0 Å². The van der Waals surface area contributed by atoms with Crippen LogP contribution in [-0.2, 0) is 6.42 Å². The number of benzene rings is 2. The molecule has 0 aliphatic carbocycles. The van der Waals surface area contributed by atoms with Gasteiger partial charge in [-0.25, -0.2) is 4.79 Å². The minimum Gasteiger partial charge on any atom is -0.491 e. The first kappa shape index (κ1) is 21.7. The number of hydrogen-bond acceptors (Lipinski definition) is 5. The summed E-state index contributed by atoms with van der Waals surface area (Å²) < 4.78 is 5.52. The Labute approximate surface area is 165 Å². The third-order valence-corrected chi connectivity index (χ3v) is 4.08. The van der Waals surface area contributed by atoms with Crippen LogP contribution in [-0.4, -0.2) is 54.7 Å². The standard InChI is InChI=1S/C21H29N3O4/c1-2-22-21(27)24-17-10-8-16(9-11-17)12-18(14-25)23-13-19(26)15-28-20-6-4-3-5-7-20/h3-11,18-19,23,25-26H,2,12-15H2,1H3,(H2,22,24,27)/t18-,19-/m0/s1. The van der Waals surface area contributed by atoms with E-state index in [4.69, 9.17) is 4.74 Å². The van der Waals surface area contributed by atoms with E-state index in [1.807, 2.05) is 61.5 Å². The number of nitrogens with one attached hydrogen (secondary N) is 3. The van der Waals surface area contributed by atoms with Crippen LogP contribution in [0.25, 0.3) is 0 Å². The summed E-state index contributed by atoms with van der Waals surface area (Å²) in [5.41, 5.74) is 1.72. The fourth-order valence-corrected chi connectivity index (χ4v) is 2.62. The average Bonchev–Trinajstić information content (AvgIpc) is 2.71. The van der Waals surface area contributed by atoms with Gasteiger partial charge in [0.05, 0.1) is 6.61 Å². The number of carbonyl (C=O) groups is 1. The van der Waals surface area contributed by atoms with Crippen molar-refractivity contribution in [1.82, 2.24) is 10.6 Å². The molecule has 0 aromatic heterocycles. The molecule has 0 saturated carbocycles. The lowest BCUT2D eigenvalue weighted by molar-refractivity contribution is 0.0997. The molecule has 2 rings (SSSR count). The quantitative estimate of drug-likeness (QED) is 0.404. The van der Waals surface area contributed by atoms with Crippen molar-refractivity contribution in [1.29, 1.82) is 0 Å². The fourth-order valence-electron chi connectivity index (χ4n) is 2.62. The Morgan fingerprint density at radius 2 is 1.82 bits per heavy atom. The highest BCUT2D eigenvalue weighted by Gasteiger charge is 2.12. The highest BCUT2D eigenvalue weighted by Crippen LogP contribution is 2.12. The van der Waals surface area contributed by atoms with Gasteiger partial charge in [-0.3, -0.25) is 0 Å². The second kappa shape index (κ2) is 12.0. The van der Waals surface area contributed by atoms with E-state index in [2.05, 4.69) is 16.0 Å². The molecule has 0 fully saturated rings. The Bertz CT molecular complexity index is 695. The molecule has 0 heterocycles. The van der Waals surface area contributed by atoms with E-state index in [1.165, 1.54) is 0 Å².